The highest BCUT2D eigenvalue weighted by molar-refractivity contribution is 7.88. The summed E-state index contributed by atoms with van der Waals surface area (Å²) in [7, 11) is -3.14. The number of hydrogen-bond donors (Lipinski definition) is 1. The van der Waals surface area contributed by atoms with E-state index < -0.39 is 10.0 Å². The summed E-state index contributed by atoms with van der Waals surface area (Å²) in [4.78, 5) is 6.93. The number of benzene rings is 1. The van der Waals surface area contributed by atoms with Gasteiger partial charge in [0.2, 0.25) is 10.0 Å². The average Bonchev–Trinajstić information content (AvgIpc) is 2.88. The van der Waals surface area contributed by atoms with Crippen molar-refractivity contribution in [1.82, 2.24) is 9.71 Å². The SMILES string of the molecule is Cc1ccc(Cl)c2sc(N3CCC(NS(C)(=O)=O)CC3)nc12. The minimum atomic E-state index is -3.14. The number of aromatic nitrogens is 1. The summed E-state index contributed by atoms with van der Waals surface area (Å²) in [5, 5.41) is 1.70. The Labute approximate surface area is 139 Å². The van der Waals surface area contributed by atoms with Crippen molar-refractivity contribution in [2.24, 2.45) is 0 Å². The number of aryl methyl sites for hydroxylation is 1. The standard InChI is InChI=1S/C14H18ClN3O2S2/c1-9-3-4-11(15)13-12(9)16-14(21-13)18-7-5-10(6-8-18)17-22(2,19)20/h3-4,10,17H,5-8H2,1-2H3. The van der Waals surface area contributed by atoms with E-state index in [1.54, 1.807) is 11.3 Å². The molecule has 0 radical (unpaired) electrons. The minimum absolute atomic E-state index is 0.0194. The van der Waals surface area contributed by atoms with Crippen LogP contribution in [0.5, 0.6) is 0 Å². The van der Waals surface area contributed by atoms with Crippen molar-refractivity contribution in [1.29, 1.82) is 0 Å². The Balaban J connectivity index is 1.77. The van der Waals surface area contributed by atoms with E-state index in [1.807, 2.05) is 19.1 Å². The van der Waals surface area contributed by atoms with E-state index in [2.05, 4.69) is 9.62 Å². The normalized spacial score (nSPS) is 17.3. The lowest BCUT2D eigenvalue weighted by molar-refractivity contribution is 0.461. The molecule has 3 rings (SSSR count). The number of nitrogens with one attached hydrogen (secondary N) is 1. The Morgan fingerprint density at radius 3 is 2.64 bits per heavy atom. The van der Waals surface area contributed by atoms with Crippen LogP contribution in [0.1, 0.15) is 18.4 Å². The molecule has 0 atom stereocenters. The Morgan fingerprint density at radius 1 is 1.36 bits per heavy atom. The van der Waals surface area contributed by atoms with Crippen LogP contribution in [-0.4, -0.2) is 38.8 Å². The Bertz CT molecular complexity index is 757. The first-order valence-corrected chi connectivity index (χ1v) is 10.2. The summed E-state index contributed by atoms with van der Waals surface area (Å²) in [5.74, 6) is 0. The molecule has 22 heavy (non-hydrogen) atoms. The summed E-state index contributed by atoms with van der Waals surface area (Å²) >= 11 is 7.86. The summed E-state index contributed by atoms with van der Waals surface area (Å²) < 4.78 is 26.3. The maximum atomic E-state index is 11.3. The summed E-state index contributed by atoms with van der Waals surface area (Å²) in [6.45, 7) is 3.62. The molecule has 1 N–H and O–H groups in total. The third-order valence-electron chi connectivity index (χ3n) is 3.83. The molecule has 0 unspecified atom stereocenters. The lowest BCUT2D eigenvalue weighted by Crippen LogP contribution is -2.44. The first-order valence-electron chi connectivity index (χ1n) is 7.11. The number of fused-ring (bicyclic) bond motifs is 1. The van der Waals surface area contributed by atoms with E-state index in [0.717, 1.165) is 51.9 Å². The van der Waals surface area contributed by atoms with Crippen molar-refractivity contribution < 1.29 is 8.42 Å². The van der Waals surface area contributed by atoms with Gasteiger partial charge >= 0.3 is 0 Å². The van der Waals surface area contributed by atoms with Crippen LogP contribution in [0, 0.1) is 6.92 Å². The van der Waals surface area contributed by atoms with E-state index in [-0.39, 0.29) is 6.04 Å². The largest absolute Gasteiger partial charge is 0.348 e. The van der Waals surface area contributed by atoms with Gasteiger partial charge in [-0.05, 0) is 31.4 Å². The van der Waals surface area contributed by atoms with Crippen LogP contribution in [0.15, 0.2) is 12.1 Å². The Kier molecular flexibility index (Phi) is 4.33. The number of hydrogen-bond acceptors (Lipinski definition) is 5. The molecule has 1 saturated heterocycles. The van der Waals surface area contributed by atoms with Gasteiger partial charge in [0.05, 0.1) is 21.5 Å². The second-order valence-corrected chi connectivity index (χ2v) is 8.85. The third-order valence-corrected chi connectivity index (χ3v) is 6.17. The molecule has 0 amide bonds. The number of nitrogens with zero attached hydrogens (tertiary/aromatic N) is 2. The van der Waals surface area contributed by atoms with Crippen molar-refractivity contribution in [3.05, 3.63) is 22.7 Å². The molecule has 1 aromatic carbocycles. The molecule has 120 valence electrons. The van der Waals surface area contributed by atoms with Crippen LogP contribution in [0.25, 0.3) is 10.2 Å². The third kappa shape index (κ3) is 3.37. The minimum Gasteiger partial charge on any atom is -0.348 e. The summed E-state index contributed by atoms with van der Waals surface area (Å²) in [5.41, 5.74) is 2.08. The zero-order valence-electron chi connectivity index (χ0n) is 12.5. The number of halogens is 1. The lowest BCUT2D eigenvalue weighted by atomic mass is 10.1. The number of anilines is 1. The van der Waals surface area contributed by atoms with E-state index in [0.29, 0.717) is 0 Å². The van der Waals surface area contributed by atoms with Crippen molar-refractivity contribution in [2.45, 2.75) is 25.8 Å². The van der Waals surface area contributed by atoms with Crippen molar-refractivity contribution in [2.75, 3.05) is 24.2 Å². The van der Waals surface area contributed by atoms with Gasteiger partial charge in [0.25, 0.3) is 0 Å². The van der Waals surface area contributed by atoms with Gasteiger partial charge in [-0.2, -0.15) is 0 Å². The smallest absolute Gasteiger partial charge is 0.208 e. The molecular formula is C14H18ClN3O2S2. The fourth-order valence-corrected chi connectivity index (χ4v) is 4.93. The van der Waals surface area contributed by atoms with Crippen molar-refractivity contribution >= 4 is 48.3 Å². The molecule has 5 nitrogen and oxygen atoms in total. The molecular weight excluding hydrogens is 342 g/mol. The van der Waals surface area contributed by atoms with Crippen molar-refractivity contribution in [3.63, 3.8) is 0 Å². The fraction of sp³-hybridized carbons (Fsp3) is 0.500. The first kappa shape index (κ1) is 16.0. The molecule has 1 aliphatic heterocycles. The average molecular weight is 360 g/mol. The molecule has 0 saturated carbocycles. The van der Waals surface area contributed by atoms with Gasteiger partial charge in [-0.25, -0.2) is 18.1 Å². The zero-order chi connectivity index (χ0) is 15.9. The van der Waals surface area contributed by atoms with Crippen LogP contribution < -0.4 is 9.62 Å². The Morgan fingerprint density at radius 2 is 2.05 bits per heavy atom. The maximum absolute atomic E-state index is 11.3. The van der Waals surface area contributed by atoms with Crippen LogP contribution in [0.4, 0.5) is 5.13 Å². The van der Waals surface area contributed by atoms with Crippen LogP contribution in [-0.2, 0) is 10.0 Å². The van der Waals surface area contributed by atoms with Gasteiger partial charge in [-0.15, -0.1) is 0 Å². The molecule has 2 heterocycles. The quantitative estimate of drug-likeness (QED) is 0.915. The number of rotatable bonds is 3. The number of thiazole rings is 1. The van der Waals surface area contributed by atoms with E-state index in [9.17, 15) is 8.42 Å². The second kappa shape index (κ2) is 5.96. The molecule has 0 bridgehead atoms. The molecule has 0 aliphatic carbocycles. The molecule has 1 fully saturated rings. The highest BCUT2D eigenvalue weighted by atomic mass is 35.5. The maximum Gasteiger partial charge on any atom is 0.208 e. The first-order chi connectivity index (χ1) is 10.3. The lowest BCUT2D eigenvalue weighted by Gasteiger charge is -2.31. The molecule has 8 heteroatoms. The second-order valence-electron chi connectivity index (χ2n) is 5.69. The predicted molar refractivity (Wildman–Crippen MR) is 92.6 cm³/mol. The zero-order valence-corrected chi connectivity index (χ0v) is 14.9. The highest BCUT2D eigenvalue weighted by Crippen LogP contribution is 2.36. The summed E-state index contributed by atoms with van der Waals surface area (Å²) in [6, 6.07) is 3.91. The molecule has 0 spiro atoms. The fourth-order valence-electron chi connectivity index (χ4n) is 2.72. The molecule has 1 aromatic heterocycles. The van der Waals surface area contributed by atoms with E-state index >= 15 is 0 Å². The van der Waals surface area contributed by atoms with Gasteiger partial charge < -0.3 is 4.90 Å². The number of piperidine rings is 1. The topological polar surface area (TPSA) is 62.3 Å². The predicted octanol–water partition coefficient (Wildman–Crippen LogP) is 2.78. The van der Waals surface area contributed by atoms with Crippen LogP contribution in [0.2, 0.25) is 5.02 Å². The van der Waals surface area contributed by atoms with Gasteiger partial charge in [0, 0.05) is 19.1 Å². The Hall–Kier alpha value is -0.890. The number of sulfonamides is 1. The molecule has 2 aromatic rings. The van der Waals surface area contributed by atoms with Crippen LogP contribution >= 0.6 is 22.9 Å². The molecule has 1 aliphatic rings. The van der Waals surface area contributed by atoms with E-state index in [4.69, 9.17) is 16.6 Å². The van der Waals surface area contributed by atoms with Gasteiger partial charge in [-0.3, -0.25) is 0 Å². The van der Waals surface area contributed by atoms with Gasteiger partial charge in [-0.1, -0.05) is 29.0 Å². The van der Waals surface area contributed by atoms with Crippen molar-refractivity contribution in [3.8, 4) is 0 Å². The van der Waals surface area contributed by atoms with E-state index in [1.165, 1.54) is 6.26 Å². The highest BCUT2D eigenvalue weighted by Gasteiger charge is 2.24. The van der Waals surface area contributed by atoms with Gasteiger partial charge in [0.15, 0.2) is 5.13 Å². The van der Waals surface area contributed by atoms with Gasteiger partial charge in [0.1, 0.15) is 0 Å². The summed E-state index contributed by atoms with van der Waals surface area (Å²) in [6.07, 6.45) is 2.78. The monoisotopic (exact) mass is 359 g/mol. The van der Waals surface area contributed by atoms with Crippen LogP contribution in [0.3, 0.4) is 0 Å².